The quantitative estimate of drug-likeness (QED) is 0.0264. The Balaban J connectivity index is 3.84. The first-order chi connectivity index (χ1) is 34.3. The van der Waals surface area contributed by atoms with Crippen LogP contribution in [0.25, 0.3) is 0 Å². The van der Waals surface area contributed by atoms with Gasteiger partial charge >= 0.3 is 19.8 Å². The molecule has 0 aromatic carbocycles. The summed E-state index contributed by atoms with van der Waals surface area (Å²) in [6, 6.07) is 0. The van der Waals surface area contributed by atoms with Crippen molar-refractivity contribution in [3.8, 4) is 0 Å². The summed E-state index contributed by atoms with van der Waals surface area (Å²) >= 11 is 0. The summed E-state index contributed by atoms with van der Waals surface area (Å²) in [6.07, 6.45) is 72.3. The molecule has 3 N–H and O–H groups in total. The third-order valence-electron chi connectivity index (χ3n) is 12.0. The van der Waals surface area contributed by atoms with Crippen LogP contribution in [0.5, 0.6) is 0 Å². The fourth-order valence-corrected chi connectivity index (χ4v) is 8.58. The van der Waals surface area contributed by atoms with Gasteiger partial charge in [0.2, 0.25) is 0 Å². The summed E-state index contributed by atoms with van der Waals surface area (Å²) in [4.78, 5) is 35.0. The average Bonchev–Trinajstić information content (AvgIpc) is 3.35. The molecule has 0 fully saturated rings. The smallest absolute Gasteiger partial charge is 0.462 e. The SMILES string of the molecule is CC/C=C\C/C=C\C/C=C\C/C=C\C/C=C\C/C=C\CCCCCCCCCCCCCCCCCCCCC(=O)OC(COC(=O)CCCCCCC/C=C\CCCCC)COP(=O)(O)OCCN. The van der Waals surface area contributed by atoms with Gasteiger partial charge in [0.25, 0.3) is 0 Å². The van der Waals surface area contributed by atoms with Gasteiger partial charge in [-0.2, -0.15) is 0 Å². The van der Waals surface area contributed by atoms with Crippen molar-refractivity contribution < 1.29 is 37.6 Å². The van der Waals surface area contributed by atoms with Crippen LogP contribution in [0.4, 0.5) is 0 Å². The molecule has 10 heteroatoms. The van der Waals surface area contributed by atoms with Crippen molar-refractivity contribution in [1.82, 2.24) is 0 Å². The second-order valence-corrected chi connectivity index (χ2v) is 20.2. The molecule has 404 valence electrons. The first-order valence-corrected chi connectivity index (χ1v) is 30.1. The number of allylic oxidation sites excluding steroid dienone is 14. The van der Waals surface area contributed by atoms with E-state index in [1.807, 2.05) is 0 Å². The highest BCUT2D eigenvalue weighted by molar-refractivity contribution is 7.47. The molecule has 0 saturated carbocycles. The van der Waals surface area contributed by atoms with Crippen LogP contribution in [-0.2, 0) is 32.7 Å². The van der Waals surface area contributed by atoms with E-state index in [4.69, 9.17) is 24.3 Å². The molecular weight excluding hydrogens is 894 g/mol. The predicted molar refractivity (Wildman–Crippen MR) is 298 cm³/mol. The van der Waals surface area contributed by atoms with Gasteiger partial charge in [0.1, 0.15) is 6.61 Å². The second-order valence-electron chi connectivity index (χ2n) is 18.8. The van der Waals surface area contributed by atoms with Crippen molar-refractivity contribution in [3.05, 3.63) is 85.1 Å². The number of phosphoric acid groups is 1. The highest BCUT2D eigenvalue weighted by Crippen LogP contribution is 2.43. The molecule has 70 heavy (non-hydrogen) atoms. The molecule has 0 aliphatic carbocycles. The van der Waals surface area contributed by atoms with Gasteiger partial charge in [-0.1, -0.05) is 234 Å². The molecule has 9 nitrogen and oxygen atoms in total. The Bertz CT molecular complexity index is 1420. The lowest BCUT2D eigenvalue weighted by Crippen LogP contribution is -2.29. The zero-order valence-electron chi connectivity index (χ0n) is 45.0. The van der Waals surface area contributed by atoms with Gasteiger partial charge in [-0.05, 0) is 89.9 Å². The molecule has 0 spiro atoms. The maximum atomic E-state index is 12.7. The molecule has 0 amide bonds. The van der Waals surface area contributed by atoms with Crippen LogP contribution >= 0.6 is 7.82 Å². The topological polar surface area (TPSA) is 134 Å². The summed E-state index contributed by atoms with van der Waals surface area (Å²) in [7, 11) is -4.38. The number of phosphoric ester groups is 1. The molecule has 0 rings (SSSR count). The summed E-state index contributed by atoms with van der Waals surface area (Å²) in [6.45, 7) is 3.60. The molecule has 0 radical (unpaired) electrons. The minimum absolute atomic E-state index is 0.0511. The van der Waals surface area contributed by atoms with Gasteiger partial charge in [-0.25, -0.2) is 4.57 Å². The van der Waals surface area contributed by atoms with E-state index in [1.54, 1.807) is 0 Å². The maximum Gasteiger partial charge on any atom is 0.472 e. The van der Waals surface area contributed by atoms with Gasteiger partial charge in [0.05, 0.1) is 13.2 Å². The standard InChI is InChI=1S/C60H106NO8P/c1-3-5-7-9-11-13-15-17-18-19-20-21-22-23-24-25-26-27-28-29-30-31-32-33-34-35-36-37-38-39-40-41-43-45-47-49-51-53-60(63)69-58(57-68-70(64,65)67-55-54-61)56-66-59(62)52-50-48-46-44-42-16-14-12-10-8-6-4-2/h5,7,11-14,17-18,20-21,23-24,26-27,58H,3-4,6,8-10,15-16,19,22,25,28-57,61H2,1-2H3,(H,64,65)/b7-5-,13-11-,14-12-,18-17-,21-20-,24-23-,27-26-. The van der Waals surface area contributed by atoms with Crippen LogP contribution in [0, 0.1) is 0 Å². The van der Waals surface area contributed by atoms with Crippen LogP contribution < -0.4 is 5.73 Å². The van der Waals surface area contributed by atoms with E-state index in [-0.39, 0.29) is 38.6 Å². The van der Waals surface area contributed by atoms with Crippen LogP contribution in [0.2, 0.25) is 0 Å². The molecule has 0 aliphatic rings. The van der Waals surface area contributed by atoms with Crippen molar-refractivity contribution in [2.24, 2.45) is 5.73 Å². The Morgan fingerprint density at radius 3 is 1.19 bits per heavy atom. The number of nitrogens with two attached hydrogens (primary N) is 1. The number of hydrogen-bond donors (Lipinski definition) is 2. The van der Waals surface area contributed by atoms with Crippen LogP contribution in [0.15, 0.2) is 85.1 Å². The van der Waals surface area contributed by atoms with Crippen molar-refractivity contribution >= 4 is 19.8 Å². The minimum atomic E-state index is -4.38. The van der Waals surface area contributed by atoms with Crippen molar-refractivity contribution in [2.45, 2.75) is 258 Å². The van der Waals surface area contributed by atoms with Gasteiger partial charge < -0.3 is 20.1 Å². The molecular formula is C60H106NO8P. The Morgan fingerprint density at radius 2 is 0.786 bits per heavy atom. The summed E-state index contributed by atoms with van der Waals surface area (Å²) in [5.74, 6) is -0.835. The highest BCUT2D eigenvalue weighted by atomic mass is 31.2. The predicted octanol–water partition coefficient (Wildman–Crippen LogP) is 17.9. The van der Waals surface area contributed by atoms with Crippen LogP contribution in [-0.4, -0.2) is 49.3 Å². The zero-order chi connectivity index (χ0) is 51.0. The molecule has 2 unspecified atom stereocenters. The molecule has 0 heterocycles. The molecule has 0 aromatic heterocycles. The summed E-state index contributed by atoms with van der Waals surface area (Å²) in [5, 5.41) is 0. The highest BCUT2D eigenvalue weighted by Gasteiger charge is 2.26. The average molecular weight is 1000 g/mol. The zero-order valence-corrected chi connectivity index (χ0v) is 45.9. The fourth-order valence-electron chi connectivity index (χ4n) is 7.81. The second kappa shape index (κ2) is 55.5. The van der Waals surface area contributed by atoms with Crippen molar-refractivity contribution in [2.75, 3.05) is 26.4 Å². The molecule has 0 aliphatic heterocycles. The first kappa shape index (κ1) is 67.2. The normalized spacial score (nSPS) is 13.7. The van der Waals surface area contributed by atoms with E-state index in [2.05, 4.69) is 98.9 Å². The largest absolute Gasteiger partial charge is 0.472 e. The summed E-state index contributed by atoms with van der Waals surface area (Å²) < 4.78 is 32.9. The molecule has 0 aromatic rings. The van der Waals surface area contributed by atoms with Crippen molar-refractivity contribution in [1.29, 1.82) is 0 Å². The van der Waals surface area contributed by atoms with E-state index in [9.17, 15) is 19.0 Å². The molecule has 2 atom stereocenters. The lowest BCUT2D eigenvalue weighted by molar-refractivity contribution is -0.161. The number of unbranched alkanes of at least 4 members (excludes halogenated alkanes) is 26. The van der Waals surface area contributed by atoms with Crippen LogP contribution in [0.1, 0.15) is 251 Å². The van der Waals surface area contributed by atoms with Gasteiger partial charge in [-0.15, -0.1) is 0 Å². The van der Waals surface area contributed by atoms with Gasteiger partial charge in [0, 0.05) is 19.4 Å². The van der Waals surface area contributed by atoms with Crippen LogP contribution in [0.3, 0.4) is 0 Å². The first-order valence-electron chi connectivity index (χ1n) is 28.6. The van der Waals surface area contributed by atoms with Gasteiger partial charge in [0.15, 0.2) is 6.10 Å². The lowest BCUT2D eigenvalue weighted by atomic mass is 10.0. The number of rotatable bonds is 53. The van der Waals surface area contributed by atoms with E-state index in [1.165, 1.54) is 122 Å². The number of carbonyl (C=O) groups is 2. The minimum Gasteiger partial charge on any atom is -0.462 e. The summed E-state index contributed by atoms with van der Waals surface area (Å²) in [5.41, 5.74) is 5.37. The van der Waals surface area contributed by atoms with Crippen molar-refractivity contribution in [3.63, 3.8) is 0 Å². The number of carbonyl (C=O) groups excluding carboxylic acids is 2. The fraction of sp³-hybridized carbons (Fsp3) is 0.733. The van der Waals surface area contributed by atoms with E-state index in [0.717, 1.165) is 96.3 Å². The third kappa shape index (κ3) is 54.5. The maximum absolute atomic E-state index is 12.7. The lowest BCUT2D eigenvalue weighted by Gasteiger charge is -2.19. The number of ether oxygens (including phenoxy) is 2. The Kier molecular flexibility index (Phi) is 53.3. The van der Waals surface area contributed by atoms with E-state index in [0.29, 0.717) is 6.42 Å². The van der Waals surface area contributed by atoms with E-state index < -0.39 is 26.5 Å². The third-order valence-corrected chi connectivity index (χ3v) is 13.0. The van der Waals surface area contributed by atoms with E-state index >= 15 is 0 Å². The Labute approximate surface area is 430 Å². The number of esters is 2. The molecule has 0 bridgehead atoms. The number of hydrogen-bond acceptors (Lipinski definition) is 8. The Morgan fingerprint density at radius 1 is 0.443 bits per heavy atom. The monoisotopic (exact) mass is 1000 g/mol. The molecule has 0 saturated heterocycles. The van der Waals surface area contributed by atoms with Gasteiger partial charge in [-0.3, -0.25) is 18.6 Å². The Hall–Kier alpha value is -2.81.